The zero-order valence-electron chi connectivity index (χ0n) is 10.1. The van der Waals surface area contributed by atoms with Crippen LogP contribution in [0.15, 0.2) is 36.0 Å². The first kappa shape index (κ1) is 12.9. The van der Waals surface area contributed by atoms with Crippen molar-refractivity contribution in [2.24, 2.45) is 4.99 Å². The molecule has 0 spiro atoms. The molecule has 1 aromatic rings. The first-order chi connectivity index (χ1) is 8.13. The molecule has 0 radical (unpaired) electrons. The number of nitrogens with two attached hydrogens (primary N) is 1. The van der Waals surface area contributed by atoms with E-state index in [0.717, 1.165) is 23.0 Å². The van der Waals surface area contributed by atoms with Gasteiger partial charge in [0, 0.05) is 23.7 Å². The molecule has 17 heavy (non-hydrogen) atoms. The van der Waals surface area contributed by atoms with E-state index in [1.807, 2.05) is 26.0 Å². The van der Waals surface area contributed by atoms with Crippen molar-refractivity contribution in [3.63, 3.8) is 0 Å². The number of allylic oxidation sites excluding steroid dienone is 2. The first-order valence-electron chi connectivity index (χ1n) is 5.30. The molecule has 0 unspecified atom stereocenters. The Bertz CT molecular complexity index is 499. The molecule has 0 aliphatic rings. The molecular weight excluding hydrogens is 212 g/mol. The number of rotatable bonds is 4. The fourth-order valence-corrected chi connectivity index (χ4v) is 1.54. The van der Waals surface area contributed by atoms with E-state index >= 15 is 0 Å². The zero-order chi connectivity index (χ0) is 12.8. The quantitative estimate of drug-likeness (QED) is 0.489. The number of aryl methyl sites for hydroxylation is 1. The average molecular weight is 228 g/mol. The van der Waals surface area contributed by atoms with E-state index < -0.39 is 0 Å². The molecule has 0 amide bonds. The molecule has 0 fully saturated rings. The van der Waals surface area contributed by atoms with Crippen molar-refractivity contribution >= 4 is 23.8 Å². The summed E-state index contributed by atoms with van der Waals surface area (Å²) in [4.78, 5) is 14.9. The molecule has 0 saturated heterocycles. The van der Waals surface area contributed by atoms with Crippen LogP contribution in [0.2, 0.25) is 0 Å². The van der Waals surface area contributed by atoms with Crippen molar-refractivity contribution in [3.8, 4) is 0 Å². The van der Waals surface area contributed by atoms with Gasteiger partial charge in [0.25, 0.3) is 0 Å². The van der Waals surface area contributed by atoms with Gasteiger partial charge in [0.15, 0.2) is 6.29 Å². The largest absolute Gasteiger partial charge is 0.398 e. The summed E-state index contributed by atoms with van der Waals surface area (Å²) in [7, 11) is 0. The van der Waals surface area contributed by atoms with E-state index in [1.165, 1.54) is 6.20 Å². The number of carbonyl (C=O) groups is 1. The van der Waals surface area contributed by atoms with Gasteiger partial charge in [0.2, 0.25) is 0 Å². The van der Waals surface area contributed by atoms with E-state index in [0.29, 0.717) is 11.3 Å². The number of aldehydes is 1. The highest BCUT2D eigenvalue weighted by molar-refractivity contribution is 6.10. The Hall–Kier alpha value is -2.16. The number of nitrogens with zero attached hydrogens (tertiary/aromatic N) is 1. The summed E-state index contributed by atoms with van der Waals surface area (Å²) in [5.74, 6) is 0. The normalized spacial score (nSPS) is 11.8. The summed E-state index contributed by atoms with van der Waals surface area (Å²) in [6.07, 6.45) is 5.86. The van der Waals surface area contributed by atoms with Gasteiger partial charge in [-0.05, 0) is 42.7 Å². The van der Waals surface area contributed by atoms with Gasteiger partial charge in [0.1, 0.15) is 0 Å². The molecule has 0 aliphatic heterocycles. The van der Waals surface area contributed by atoms with E-state index in [1.54, 1.807) is 12.3 Å². The predicted octanol–water partition coefficient (Wildman–Crippen LogP) is 3.01. The lowest BCUT2D eigenvalue weighted by Gasteiger charge is -2.08. The van der Waals surface area contributed by atoms with Crippen LogP contribution in [0, 0.1) is 6.92 Å². The number of carbonyl (C=O) groups excluding carboxylic acids is 1. The molecule has 1 aromatic carbocycles. The van der Waals surface area contributed by atoms with Gasteiger partial charge in [-0.25, -0.2) is 0 Å². The highest BCUT2D eigenvalue weighted by atomic mass is 16.1. The Labute approximate surface area is 101 Å². The number of nitrogen functional groups attached to an aromatic ring is 1. The van der Waals surface area contributed by atoms with Crippen molar-refractivity contribution in [1.29, 1.82) is 0 Å². The zero-order valence-corrected chi connectivity index (χ0v) is 10.1. The van der Waals surface area contributed by atoms with Crippen molar-refractivity contribution < 1.29 is 4.79 Å². The van der Waals surface area contributed by atoms with Crippen LogP contribution in [0.25, 0.3) is 5.57 Å². The van der Waals surface area contributed by atoms with Crippen LogP contribution in [-0.2, 0) is 0 Å². The molecule has 0 saturated carbocycles. The van der Waals surface area contributed by atoms with Crippen LogP contribution in [0.3, 0.4) is 0 Å². The maximum absolute atomic E-state index is 10.9. The number of benzene rings is 1. The monoisotopic (exact) mass is 228 g/mol. The predicted molar refractivity (Wildman–Crippen MR) is 73.3 cm³/mol. The minimum Gasteiger partial charge on any atom is -0.398 e. The van der Waals surface area contributed by atoms with E-state index in [4.69, 9.17) is 5.73 Å². The van der Waals surface area contributed by atoms with Crippen LogP contribution in [0.4, 0.5) is 5.69 Å². The molecule has 88 valence electrons. The van der Waals surface area contributed by atoms with Gasteiger partial charge in [0.05, 0.1) is 0 Å². The summed E-state index contributed by atoms with van der Waals surface area (Å²) >= 11 is 0. The summed E-state index contributed by atoms with van der Waals surface area (Å²) in [6, 6.07) is 3.70. The second-order valence-electron chi connectivity index (χ2n) is 3.62. The molecule has 3 nitrogen and oxygen atoms in total. The van der Waals surface area contributed by atoms with Crippen molar-refractivity contribution in [1.82, 2.24) is 0 Å². The van der Waals surface area contributed by atoms with Gasteiger partial charge in [-0.2, -0.15) is 0 Å². The van der Waals surface area contributed by atoms with Crippen LogP contribution in [0.1, 0.15) is 28.4 Å². The second-order valence-corrected chi connectivity index (χ2v) is 3.62. The van der Waals surface area contributed by atoms with Gasteiger partial charge in [-0.15, -0.1) is 0 Å². The third-order valence-electron chi connectivity index (χ3n) is 2.51. The second kappa shape index (κ2) is 5.80. The van der Waals surface area contributed by atoms with E-state index in [9.17, 15) is 4.79 Å². The molecular formula is C14H16N2O. The highest BCUT2D eigenvalue weighted by Crippen LogP contribution is 2.22. The fraction of sp³-hybridized carbons (Fsp3) is 0.143. The Balaban J connectivity index is 3.31. The molecule has 1 rings (SSSR count). The fourth-order valence-electron chi connectivity index (χ4n) is 1.54. The molecule has 2 N–H and O–H groups in total. The van der Waals surface area contributed by atoms with E-state index in [2.05, 4.69) is 11.6 Å². The Morgan fingerprint density at radius 3 is 2.71 bits per heavy atom. The van der Waals surface area contributed by atoms with Gasteiger partial charge in [-0.1, -0.05) is 12.7 Å². The minimum atomic E-state index is 0.506. The van der Waals surface area contributed by atoms with Crippen molar-refractivity contribution in [3.05, 3.63) is 47.7 Å². The standard InChI is InChI=1S/C14H16N2O/c1-4-11(8-16-5-2)12-6-10(3)14(15)13(7-12)9-17/h4-9H,2,15H2,1,3H3/b11-4+,16-8-. The summed E-state index contributed by atoms with van der Waals surface area (Å²) in [5.41, 5.74) is 9.57. The van der Waals surface area contributed by atoms with E-state index in [-0.39, 0.29) is 0 Å². The number of aliphatic imine (C=N–C) groups is 1. The molecule has 0 aromatic heterocycles. The Morgan fingerprint density at radius 1 is 1.47 bits per heavy atom. The highest BCUT2D eigenvalue weighted by Gasteiger charge is 2.06. The Kier molecular flexibility index (Phi) is 4.40. The molecule has 3 heteroatoms. The smallest absolute Gasteiger partial charge is 0.152 e. The lowest BCUT2D eigenvalue weighted by atomic mass is 9.99. The van der Waals surface area contributed by atoms with Crippen molar-refractivity contribution in [2.75, 3.05) is 5.73 Å². The maximum Gasteiger partial charge on any atom is 0.152 e. The number of hydrogen-bond donors (Lipinski definition) is 1. The summed E-state index contributed by atoms with van der Waals surface area (Å²) in [6.45, 7) is 7.32. The molecule has 0 aliphatic carbocycles. The van der Waals surface area contributed by atoms with Crippen LogP contribution in [0.5, 0.6) is 0 Å². The topological polar surface area (TPSA) is 55.4 Å². The lowest BCUT2D eigenvalue weighted by molar-refractivity contribution is 0.112. The van der Waals surface area contributed by atoms with Crippen LogP contribution in [-0.4, -0.2) is 12.5 Å². The van der Waals surface area contributed by atoms with Crippen LogP contribution >= 0.6 is 0 Å². The SMILES string of the molecule is C=C/N=C\C(=C/C)c1cc(C)c(N)c(C=O)c1. The third kappa shape index (κ3) is 2.91. The summed E-state index contributed by atoms with van der Waals surface area (Å²) in [5, 5.41) is 0. The Morgan fingerprint density at radius 2 is 2.18 bits per heavy atom. The molecule has 0 bridgehead atoms. The number of anilines is 1. The maximum atomic E-state index is 10.9. The number of hydrogen-bond acceptors (Lipinski definition) is 3. The lowest BCUT2D eigenvalue weighted by Crippen LogP contribution is -1.99. The van der Waals surface area contributed by atoms with Crippen molar-refractivity contribution in [2.45, 2.75) is 13.8 Å². The first-order valence-corrected chi connectivity index (χ1v) is 5.30. The minimum absolute atomic E-state index is 0.506. The molecule has 0 atom stereocenters. The van der Waals surface area contributed by atoms with Crippen LogP contribution < -0.4 is 5.73 Å². The molecule has 0 heterocycles. The average Bonchev–Trinajstić information content (AvgIpc) is 2.34. The third-order valence-corrected chi connectivity index (χ3v) is 2.51. The van der Waals surface area contributed by atoms with Gasteiger partial charge in [-0.3, -0.25) is 9.79 Å². The van der Waals surface area contributed by atoms with Gasteiger partial charge >= 0.3 is 0 Å². The van der Waals surface area contributed by atoms with Gasteiger partial charge < -0.3 is 5.73 Å². The summed E-state index contributed by atoms with van der Waals surface area (Å²) < 4.78 is 0.